The minimum absolute atomic E-state index is 0.175. The lowest BCUT2D eigenvalue weighted by atomic mass is 10.1. The maximum Gasteiger partial charge on any atom is 0.255 e. The molecule has 0 fully saturated rings. The van der Waals surface area contributed by atoms with Gasteiger partial charge in [-0.2, -0.15) is 0 Å². The van der Waals surface area contributed by atoms with E-state index >= 15 is 0 Å². The SMILES string of the molecule is C[C@H](NC(=O)c1ccccc1NC(=O)c1ccc(OCc2ccccc2Cl)cc1)c1ccccc1. The van der Waals surface area contributed by atoms with Crippen LogP contribution in [-0.2, 0) is 6.61 Å². The van der Waals surface area contributed by atoms with E-state index in [9.17, 15) is 9.59 Å². The van der Waals surface area contributed by atoms with Crippen LogP contribution in [0.25, 0.3) is 0 Å². The Morgan fingerprint density at radius 2 is 1.46 bits per heavy atom. The van der Waals surface area contributed by atoms with Crippen molar-refractivity contribution in [1.29, 1.82) is 0 Å². The highest BCUT2D eigenvalue weighted by Crippen LogP contribution is 2.21. The lowest BCUT2D eigenvalue weighted by molar-refractivity contribution is 0.0940. The van der Waals surface area contributed by atoms with Crippen LogP contribution >= 0.6 is 11.6 Å². The number of benzene rings is 4. The van der Waals surface area contributed by atoms with Gasteiger partial charge in [0.05, 0.1) is 17.3 Å². The van der Waals surface area contributed by atoms with E-state index in [1.165, 1.54) is 0 Å². The number of para-hydroxylation sites is 1. The van der Waals surface area contributed by atoms with Crippen molar-refractivity contribution in [3.8, 4) is 5.75 Å². The average molecular weight is 485 g/mol. The first-order chi connectivity index (χ1) is 17.0. The summed E-state index contributed by atoms with van der Waals surface area (Å²) in [5, 5.41) is 6.48. The molecular weight excluding hydrogens is 460 g/mol. The molecule has 4 rings (SSSR count). The van der Waals surface area contributed by atoms with Crippen molar-refractivity contribution in [3.05, 3.63) is 130 Å². The van der Waals surface area contributed by atoms with Crippen molar-refractivity contribution >= 4 is 29.1 Å². The second-order valence-corrected chi connectivity index (χ2v) is 8.42. The molecule has 176 valence electrons. The minimum Gasteiger partial charge on any atom is -0.489 e. The molecule has 1 atom stereocenters. The molecule has 0 spiro atoms. The summed E-state index contributed by atoms with van der Waals surface area (Å²) < 4.78 is 5.78. The van der Waals surface area contributed by atoms with Gasteiger partial charge < -0.3 is 15.4 Å². The summed E-state index contributed by atoms with van der Waals surface area (Å²) in [4.78, 5) is 25.8. The van der Waals surface area contributed by atoms with Crippen molar-refractivity contribution in [3.63, 3.8) is 0 Å². The van der Waals surface area contributed by atoms with Gasteiger partial charge in [0.1, 0.15) is 12.4 Å². The normalized spacial score (nSPS) is 11.4. The number of halogens is 1. The average Bonchev–Trinajstić information content (AvgIpc) is 2.89. The van der Waals surface area contributed by atoms with Gasteiger partial charge in [0.15, 0.2) is 0 Å². The van der Waals surface area contributed by atoms with Gasteiger partial charge in [-0.15, -0.1) is 0 Å². The maximum atomic E-state index is 12.9. The van der Waals surface area contributed by atoms with E-state index in [1.807, 2.05) is 61.5 Å². The molecule has 6 heteroatoms. The monoisotopic (exact) mass is 484 g/mol. The van der Waals surface area contributed by atoms with Gasteiger partial charge in [0.25, 0.3) is 11.8 Å². The van der Waals surface area contributed by atoms with Crippen LogP contribution in [0.4, 0.5) is 5.69 Å². The Balaban J connectivity index is 1.40. The summed E-state index contributed by atoms with van der Waals surface area (Å²) in [6, 6.07) is 30.8. The Kier molecular flexibility index (Phi) is 7.81. The first kappa shape index (κ1) is 24.0. The number of hydrogen-bond acceptors (Lipinski definition) is 3. The second-order valence-electron chi connectivity index (χ2n) is 8.01. The molecule has 4 aromatic rings. The number of nitrogens with one attached hydrogen (secondary N) is 2. The molecule has 0 unspecified atom stereocenters. The summed E-state index contributed by atoms with van der Waals surface area (Å²) in [6.45, 7) is 2.25. The van der Waals surface area contributed by atoms with Gasteiger partial charge in [0.2, 0.25) is 0 Å². The molecular formula is C29H25ClN2O3. The number of hydrogen-bond donors (Lipinski definition) is 2. The van der Waals surface area contributed by atoms with E-state index in [0.29, 0.717) is 34.2 Å². The molecule has 4 aromatic carbocycles. The molecule has 35 heavy (non-hydrogen) atoms. The number of carbonyl (C=O) groups is 2. The van der Waals surface area contributed by atoms with Gasteiger partial charge >= 0.3 is 0 Å². The number of anilines is 1. The van der Waals surface area contributed by atoms with Crippen molar-refractivity contribution in [2.45, 2.75) is 19.6 Å². The van der Waals surface area contributed by atoms with Crippen LogP contribution in [0, 0.1) is 0 Å². The molecule has 0 radical (unpaired) electrons. The minimum atomic E-state index is -0.320. The third-order valence-corrected chi connectivity index (χ3v) is 5.90. The first-order valence-electron chi connectivity index (χ1n) is 11.2. The zero-order valence-electron chi connectivity index (χ0n) is 19.2. The van der Waals surface area contributed by atoms with E-state index in [1.54, 1.807) is 48.5 Å². The molecule has 0 saturated carbocycles. The first-order valence-corrected chi connectivity index (χ1v) is 11.6. The summed E-state index contributed by atoms with van der Waals surface area (Å²) in [5.41, 5.74) is 3.16. The molecule has 2 amide bonds. The zero-order valence-corrected chi connectivity index (χ0v) is 20.0. The number of carbonyl (C=O) groups excluding carboxylic acids is 2. The lowest BCUT2D eigenvalue weighted by Crippen LogP contribution is -2.28. The van der Waals surface area contributed by atoms with Gasteiger partial charge in [-0.1, -0.05) is 72.3 Å². The van der Waals surface area contributed by atoms with E-state index in [4.69, 9.17) is 16.3 Å². The van der Waals surface area contributed by atoms with E-state index in [2.05, 4.69) is 10.6 Å². The van der Waals surface area contributed by atoms with Gasteiger partial charge in [-0.3, -0.25) is 9.59 Å². The standard InChI is InChI=1S/C29H25ClN2O3/c1-20(21-9-3-2-4-10-21)31-29(34)25-12-6-8-14-27(25)32-28(33)22-15-17-24(18-16-22)35-19-23-11-5-7-13-26(23)30/h2-18,20H,19H2,1H3,(H,31,34)(H,32,33)/t20-/m0/s1. The number of rotatable bonds is 8. The molecule has 5 nitrogen and oxygen atoms in total. The lowest BCUT2D eigenvalue weighted by Gasteiger charge is -2.16. The fourth-order valence-electron chi connectivity index (χ4n) is 3.56. The summed E-state index contributed by atoms with van der Waals surface area (Å²) in [6.07, 6.45) is 0. The number of ether oxygens (including phenoxy) is 1. The summed E-state index contributed by atoms with van der Waals surface area (Å²) in [7, 11) is 0. The Bertz CT molecular complexity index is 1310. The van der Waals surface area contributed by atoms with Crippen LogP contribution in [0.2, 0.25) is 5.02 Å². The van der Waals surface area contributed by atoms with Crippen LogP contribution in [0.15, 0.2) is 103 Å². The molecule has 0 aromatic heterocycles. The Labute approximate surface area is 209 Å². The molecule has 0 saturated heterocycles. The van der Waals surface area contributed by atoms with E-state index < -0.39 is 0 Å². The van der Waals surface area contributed by atoms with Crippen LogP contribution in [0.1, 0.15) is 44.8 Å². The van der Waals surface area contributed by atoms with Crippen LogP contribution in [-0.4, -0.2) is 11.8 Å². The third kappa shape index (κ3) is 6.28. The predicted octanol–water partition coefficient (Wildman–Crippen LogP) is 6.66. The third-order valence-electron chi connectivity index (χ3n) is 5.54. The van der Waals surface area contributed by atoms with Gasteiger partial charge in [-0.05, 0) is 55.0 Å². The molecule has 0 aliphatic heterocycles. The fourth-order valence-corrected chi connectivity index (χ4v) is 3.75. The molecule has 2 N–H and O–H groups in total. The van der Waals surface area contributed by atoms with Crippen molar-refractivity contribution < 1.29 is 14.3 Å². The topological polar surface area (TPSA) is 67.4 Å². The molecule has 0 aliphatic rings. The second kappa shape index (κ2) is 11.4. The van der Waals surface area contributed by atoms with Gasteiger partial charge in [-0.25, -0.2) is 0 Å². The number of amides is 2. The Morgan fingerprint density at radius 1 is 0.800 bits per heavy atom. The van der Waals surface area contributed by atoms with Crippen LogP contribution < -0.4 is 15.4 Å². The Morgan fingerprint density at radius 3 is 2.20 bits per heavy atom. The molecule has 0 bridgehead atoms. The molecule has 0 heterocycles. The predicted molar refractivity (Wildman–Crippen MR) is 139 cm³/mol. The fraction of sp³-hybridized carbons (Fsp3) is 0.103. The largest absolute Gasteiger partial charge is 0.489 e. The highest BCUT2D eigenvalue weighted by atomic mass is 35.5. The zero-order chi connectivity index (χ0) is 24.6. The highest BCUT2D eigenvalue weighted by Gasteiger charge is 2.16. The maximum absolute atomic E-state index is 12.9. The summed E-state index contributed by atoms with van der Waals surface area (Å²) in [5.74, 6) is 0.0377. The van der Waals surface area contributed by atoms with E-state index in [-0.39, 0.29) is 17.9 Å². The van der Waals surface area contributed by atoms with Crippen molar-refractivity contribution in [2.75, 3.05) is 5.32 Å². The van der Waals surface area contributed by atoms with E-state index in [0.717, 1.165) is 11.1 Å². The smallest absolute Gasteiger partial charge is 0.255 e. The Hall–Kier alpha value is -4.09. The van der Waals surface area contributed by atoms with Crippen molar-refractivity contribution in [1.82, 2.24) is 5.32 Å². The highest BCUT2D eigenvalue weighted by molar-refractivity contribution is 6.31. The van der Waals surface area contributed by atoms with Crippen molar-refractivity contribution in [2.24, 2.45) is 0 Å². The van der Waals surface area contributed by atoms with Gasteiger partial charge in [0, 0.05) is 16.1 Å². The van der Waals surface area contributed by atoms with Crippen LogP contribution in [0.3, 0.4) is 0 Å². The van der Waals surface area contributed by atoms with Crippen LogP contribution in [0.5, 0.6) is 5.75 Å². The quantitative estimate of drug-likeness (QED) is 0.294. The molecule has 0 aliphatic carbocycles. The summed E-state index contributed by atoms with van der Waals surface area (Å²) >= 11 is 6.17.